The van der Waals surface area contributed by atoms with Crippen LogP contribution < -0.4 is 5.73 Å². The van der Waals surface area contributed by atoms with Crippen LogP contribution in [0.5, 0.6) is 0 Å². The fraction of sp³-hybridized carbons (Fsp3) is 0.300. The molecule has 2 heterocycles. The van der Waals surface area contributed by atoms with Gasteiger partial charge in [-0.2, -0.15) is 17.6 Å². The zero-order valence-corrected chi connectivity index (χ0v) is 11.3. The quantitative estimate of drug-likeness (QED) is 0.451. The Kier molecular flexibility index (Phi) is 5.18. The van der Waals surface area contributed by atoms with Gasteiger partial charge in [0.1, 0.15) is 11.0 Å². The fourth-order valence-electron chi connectivity index (χ4n) is 1.21. The van der Waals surface area contributed by atoms with Crippen molar-refractivity contribution in [2.75, 3.05) is 5.73 Å². The molecule has 10 heteroatoms. The summed E-state index contributed by atoms with van der Waals surface area (Å²) in [5, 5.41) is -0.623. The van der Waals surface area contributed by atoms with Gasteiger partial charge in [0.05, 0.1) is 5.56 Å². The average molecular weight is 330 g/mol. The van der Waals surface area contributed by atoms with Gasteiger partial charge in [0, 0.05) is 24.6 Å². The molecule has 2 N–H and O–H groups in total. The molecule has 0 radical (unpaired) electrons. The number of rotatable bonds is 0. The lowest BCUT2D eigenvalue weighted by Gasteiger charge is -2.07. The van der Waals surface area contributed by atoms with Gasteiger partial charge < -0.3 is 5.73 Å². The number of amides is 2. The van der Waals surface area contributed by atoms with Gasteiger partial charge in [-0.15, -0.1) is 0 Å². The number of anilines is 1. The first kappa shape index (κ1) is 16.5. The lowest BCUT2D eigenvalue weighted by Crippen LogP contribution is -2.16. The lowest BCUT2D eigenvalue weighted by molar-refractivity contribution is -0.137. The van der Waals surface area contributed by atoms with E-state index in [1.807, 2.05) is 0 Å². The summed E-state index contributed by atoms with van der Waals surface area (Å²) in [6.45, 7) is 0. The summed E-state index contributed by atoms with van der Waals surface area (Å²) < 4.78 is 36.7. The largest absolute Gasteiger partial charge is 0.419 e. The van der Waals surface area contributed by atoms with Gasteiger partial charge in [0.25, 0.3) is 0 Å². The van der Waals surface area contributed by atoms with E-state index in [1.54, 1.807) is 0 Å². The Morgan fingerprint density at radius 3 is 2.00 bits per heavy atom. The SMILES string of the molecule is Nc1ccc(C(F)(F)F)c(Cl)n1.O=C1CCC(=O)N1Cl. The third-order valence-electron chi connectivity index (χ3n) is 2.17. The van der Waals surface area contributed by atoms with E-state index in [1.165, 1.54) is 0 Å². The maximum atomic E-state index is 12.0. The predicted molar refractivity (Wildman–Crippen MR) is 65.6 cm³/mol. The summed E-state index contributed by atoms with van der Waals surface area (Å²) in [5.41, 5.74) is 4.13. The molecule has 0 bridgehead atoms. The molecule has 20 heavy (non-hydrogen) atoms. The van der Waals surface area contributed by atoms with Crippen LogP contribution in [0.2, 0.25) is 5.15 Å². The zero-order chi connectivity index (χ0) is 15.5. The minimum absolute atomic E-state index is 0.0343. The average Bonchev–Trinajstić information content (AvgIpc) is 2.59. The highest BCUT2D eigenvalue weighted by molar-refractivity contribution is 6.32. The number of alkyl halides is 3. The molecule has 1 fully saturated rings. The Hall–Kier alpha value is -1.54. The second-order valence-corrected chi connectivity index (χ2v) is 4.34. The van der Waals surface area contributed by atoms with E-state index in [-0.39, 0.29) is 30.5 Å². The topological polar surface area (TPSA) is 76.3 Å². The minimum atomic E-state index is -4.47. The van der Waals surface area contributed by atoms with Crippen LogP contribution in [-0.2, 0) is 15.8 Å². The van der Waals surface area contributed by atoms with Crippen molar-refractivity contribution in [3.63, 3.8) is 0 Å². The van der Waals surface area contributed by atoms with Crippen LogP contribution in [0.4, 0.5) is 19.0 Å². The Bertz CT molecular complexity index is 521. The Morgan fingerprint density at radius 2 is 1.70 bits per heavy atom. The molecule has 0 atom stereocenters. The Morgan fingerprint density at radius 1 is 1.20 bits per heavy atom. The van der Waals surface area contributed by atoms with Gasteiger partial charge in [0.2, 0.25) is 11.8 Å². The summed E-state index contributed by atoms with van der Waals surface area (Å²) in [7, 11) is 0. The maximum Gasteiger partial charge on any atom is 0.419 e. The van der Waals surface area contributed by atoms with Crippen molar-refractivity contribution in [1.82, 2.24) is 9.40 Å². The third-order valence-corrected chi connectivity index (χ3v) is 2.83. The van der Waals surface area contributed by atoms with Gasteiger partial charge in [-0.1, -0.05) is 11.6 Å². The van der Waals surface area contributed by atoms with Gasteiger partial charge in [0.15, 0.2) is 0 Å². The van der Waals surface area contributed by atoms with Crippen molar-refractivity contribution >= 4 is 41.0 Å². The molecule has 1 aliphatic rings. The number of carbonyl (C=O) groups excluding carboxylic acids is 2. The zero-order valence-electron chi connectivity index (χ0n) is 9.75. The van der Waals surface area contributed by atoms with Crippen LogP contribution in [-0.4, -0.2) is 21.2 Å². The van der Waals surface area contributed by atoms with E-state index < -0.39 is 16.9 Å². The molecule has 2 rings (SSSR count). The van der Waals surface area contributed by atoms with E-state index in [9.17, 15) is 22.8 Å². The van der Waals surface area contributed by atoms with E-state index in [0.29, 0.717) is 4.42 Å². The number of hydrogen-bond acceptors (Lipinski definition) is 4. The number of hydrogen-bond donors (Lipinski definition) is 1. The smallest absolute Gasteiger partial charge is 0.384 e. The first-order valence-corrected chi connectivity index (χ1v) is 5.85. The standard InChI is InChI=1S/C6H4ClF3N2.C4H4ClNO2/c7-5-3(6(8,9)10)1-2-4(11)12-5;5-6-3(7)1-2-4(6)8/h1-2H,(H2,11,12);1-2H2. The molecule has 0 aromatic carbocycles. The van der Waals surface area contributed by atoms with Crippen molar-refractivity contribution < 1.29 is 22.8 Å². The Balaban J connectivity index is 0.000000217. The van der Waals surface area contributed by atoms with Gasteiger partial charge in [-0.3, -0.25) is 9.59 Å². The monoisotopic (exact) mass is 329 g/mol. The van der Waals surface area contributed by atoms with Crippen LogP contribution in [0.25, 0.3) is 0 Å². The number of carbonyl (C=O) groups is 2. The Labute approximate surface area is 121 Å². The minimum Gasteiger partial charge on any atom is -0.384 e. The summed E-state index contributed by atoms with van der Waals surface area (Å²) in [5.74, 6) is -0.624. The van der Waals surface area contributed by atoms with E-state index in [4.69, 9.17) is 29.1 Å². The van der Waals surface area contributed by atoms with Crippen LogP contribution in [0.15, 0.2) is 12.1 Å². The number of halogens is 5. The molecule has 0 spiro atoms. The summed E-state index contributed by atoms with van der Waals surface area (Å²) in [6.07, 6.45) is -3.94. The summed E-state index contributed by atoms with van der Waals surface area (Å²) in [6, 6.07) is 1.85. The molecule has 2 amide bonds. The van der Waals surface area contributed by atoms with Crippen molar-refractivity contribution in [2.45, 2.75) is 19.0 Å². The predicted octanol–water partition coefficient (Wildman–Crippen LogP) is 2.63. The summed E-state index contributed by atoms with van der Waals surface area (Å²) in [4.78, 5) is 24.0. The maximum absolute atomic E-state index is 12.0. The van der Waals surface area contributed by atoms with Crippen molar-refractivity contribution in [3.05, 3.63) is 22.8 Å². The molecule has 0 unspecified atom stereocenters. The third kappa shape index (κ3) is 4.24. The van der Waals surface area contributed by atoms with E-state index >= 15 is 0 Å². The molecule has 1 saturated heterocycles. The van der Waals surface area contributed by atoms with Crippen LogP contribution in [0.1, 0.15) is 18.4 Å². The van der Waals surface area contributed by atoms with Crippen molar-refractivity contribution in [1.29, 1.82) is 0 Å². The normalized spacial score (nSPS) is 15.2. The molecular weight excluding hydrogens is 322 g/mol. The number of aromatic nitrogens is 1. The molecule has 5 nitrogen and oxygen atoms in total. The summed E-state index contributed by atoms with van der Waals surface area (Å²) >= 11 is 10.4. The van der Waals surface area contributed by atoms with Crippen molar-refractivity contribution in [3.8, 4) is 0 Å². The van der Waals surface area contributed by atoms with Gasteiger partial charge >= 0.3 is 6.18 Å². The van der Waals surface area contributed by atoms with Gasteiger partial charge in [-0.25, -0.2) is 4.98 Å². The highest BCUT2D eigenvalue weighted by Gasteiger charge is 2.33. The van der Waals surface area contributed by atoms with Crippen LogP contribution in [0, 0.1) is 0 Å². The highest BCUT2D eigenvalue weighted by atomic mass is 35.5. The number of pyridine rings is 1. The lowest BCUT2D eigenvalue weighted by atomic mass is 10.3. The first-order valence-electron chi connectivity index (χ1n) is 5.13. The van der Waals surface area contributed by atoms with Crippen LogP contribution in [0.3, 0.4) is 0 Å². The van der Waals surface area contributed by atoms with E-state index in [0.717, 1.165) is 12.1 Å². The molecule has 0 aliphatic carbocycles. The van der Waals surface area contributed by atoms with Crippen LogP contribution >= 0.6 is 23.4 Å². The number of imide groups is 1. The number of nitrogen functional groups attached to an aromatic ring is 1. The number of nitrogens with two attached hydrogens (primary N) is 1. The second kappa shape index (κ2) is 6.27. The second-order valence-electron chi connectivity index (χ2n) is 3.64. The molecule has 110 valence electrons. The first-order chi connectivity index (χ1) is 9.12. The molecule has 0 saturated carbocycles. The molecule has 1 aliphatic heterocycles. The molecule has 1 aromatic rings. The van der Waals surface area contributed by atoms with E-state index in [2.05, 4.69) is 4.98 Å². The number of nitrogens with zero attached hydrogens (tertiary/aromatic N) is 2. The molecular formula is C10H8Cl2F3N3O2. The van der Waals surface area contributed by atoms with Gasteiger partial charge in [-0.05, 0) is 12.1 Å². The van der Waals surface area contributed by atoms with Crippen molar-refractivity contribution in [2.24, 2.45) is 0 Å². The highest BCUT2D eigenvalue weighted by Crippen LogP contribution is 2.33. The fourth-order valence-corrected chi connectivity index (χ4v) is 1.65. The molecule has 1 aromatic heterocycles.